The quantitative estimate of drug-likeness (QED) is 0.182. The van der Waals surface area contributed by atoms with Crippen molar-refractivity contribution in [2.45, 2.75) is 37.8 Å². The molecule has 8 nitrogen and oxygen atoms in total. The van der Waals surface area contributed by atoms with Gasteiger partial charge in [0.25, 0.3) is 10.0 Å². The number of hydrogen-bond acceptors (Lipinski definition) is 5. The first-order valence-corrected chi connectivity index (χ1v) is 16.5. The molecule has 0 spiro atoms. The van der Waals surface area contributed by atoms with Gasteiger partial charge in [-0.1, -0.05) is 104 Å². The number of carbonyl (C=O) groups is 2. The molecule has 0 bridgehead atoms. The number of nitrogens with one attached hydrogen (secondary N) is 1. The smallest absolute Gasteiger partial charge is 0.264 e. The fourth-order valence-electron chi connectivity index (χ4n) is 4.82. The maximum atomic E-state index is 14.5. The molecule has 0 heterocycles. The zero-order valence-corrected chi connectivity index (χ0v) is 27.2. The summed E-state index contributed by atoms with van der Waals surface area (Å²) in [7, 11) is -2.77. The van der Waals surface area contributed by atoms with Crippen molar-refractivity contribution in [3.63, 3.8) is 0 Å². The summed E-state index contributed by atoms with van der Waals surface area (Å²) in [5, 5.41) is 3.18. The molecule has 2 amide bonds. The van der Waals surface area contributed by atoms with Crippen LogP contribution in [-0.2, 0) is 32.6 Å². The fourth-order valence-corrected chi connectivity index (χ4v) is 6.49. The average Bonchev–Trinajstić information content (AvgIpc) is 3.05. The van der Waals surface area contributed by atoms with Crippen molar-refractivity contribution in [1.29, 1.82) is 0 Å². The summed E-state index contributed by atoms with van der Waals surface area (Å²) in [6, 6.07) is 30.3. The van der Waals surface area contributed by atoms with E-state index < -0.39 is 28.5 Å². The van der Waals surface area contributed by atoms with Crippen LogP contribution in [0.2, 0.25) is 5.02 Å². The molecular weight excluding hydrogens is 610 g/mol. The van der Waals surface area contributed by atoms with E-state index in [9.17, 15) is 18.0 Å². The highest BCUT2D eigenvalue weighted by atomic mass is 35.5. The Balaban J connectivity index is 1.80. The summed E-state index contributed by atoms with van der Waals surface area (Å²) < 4.78 is 34.5. The summed E-state index contributed by atoms with van der Waals surface area (Å²) in [5.41, 5.74) is 1.84. The molecule has 0 saturated carbocycles. The molecule has 4 rings (SSSR count). The summed E-state index contributed by atoms with van der Waals surface area (Å²) in [6.45, 7) is 3.93. The lowest BCUT2D eigenvalue weighted by molar-refractivity contribution is -0.140. The minimum atomic E-state index is -4.23. The number of anilines is 1. The Morgan fingerprint density at radius 1 is 0.844 bits per heavy atom. The number of methoxy groups -OCH3 is 1. The molecule has 10 heteroatoms. The SMILES string of the molecule is COc1ccc(N(CC(=O)N(Cc2ccccc2)[C@@H](Cc2ccccc2)C(=O)NCC(C)C)S(=O)(=O)c2ccccc2)cc1Cl. The number of nitrogens with zero attached hydrogens (tertiary/aromatic N) is 2. The van der Waals surface area contributed by atoms with Crippen molar-refractivity contribution in [3.8, 4) is 5.75 Å². The van der Waals surface area contributed by atoms with Gasteiger partial charge in [0.15, 0.2) is 0 Å². The maximum absolute atomic E-state index is 14.5. The van der Waals surface area contributed by atoms with Gasteiger partial charge in [0.05, 0.1) is 22.7 Å². The van der Waals surface area contributed by atoms with Crippen LogP contribution in [0.15, 0.2) is 114 Å². The highest BCUT2D eigenvalue weighted by Crippen LogP contribution is 2.32. The Morgan fingerprint density at radius 2 is 1.42 bits per heavy atom. The summed E-state index contributed by atoms with van der Waals surface area (Å²) in [6.07, 6.45) is 0.239. The van der Waals surface area contributed by atoms with E-state index >= 15 is 0 Å². The van der Waals surface area contributed by atoms with Crippen LogP contribution in [0.5, 0.6) is 5.75 Å². The first kappa shape index (κ1) is 33.6. The molecule has 0 aliphatic carbocycles. The monoisotopic (exact) mass is 647 g/mol. The zero-order valence-electron chi connectivity index (χ0n) is 25.6. The van der Waals surface area contributed by atoms with Gasteiger partial charge in [0, 0.05) is 19.5 Å². The van der Waals surface area contributed by atoms with Crippen LogP contribution in [0.1, 0.15) is 25.0 Å². The van der Waals surface area contributed by atoms with Crippen LogP contribution in [0.4, 0.5) is 5.69 Å². The molecule has 0 saturated heterocycles. The fraction of sp³-hybridized carbons (Fsp3) is 0.257. The number of benzene rings is 4. The highest BCUT2D eigenvalue weighted by molar-refractivity contribution is 7.92. The van der Waals surface area contributed by atoms with Crippen molar-refractivity contribution in [1.82, 2.24) is 10.2 Å². The first-order valence-electron chi connectivity index (χ1n) is 14.7. The van der Waals surface area contributed by atoms with Gasteiger partial charge >= 0.3 is 0 Å². The second kappa shape index (κ2) is 15.6. The largest absolute Gasteiger partial charge is 0.495 e. The second-order valence-electron chi connectivity index (χ2n) is 11.0. The predicted molar refractivity (Wildman–Crippen MR) is 178 cm³/mol. The standard InChI is InChI=1S/C35H38ClN3O5S/c1-26(2)23-37-35(41)32(21-27-13-7-4-8-14-27)38(24-28-15-9-5-10-16-28)34(40)25-39(29-19-20-33(44-3)31(36)22-29)45(42,43)30-17-11-6-12-18-30/h4-20,22,26,32H,21,23-25H2,1-3H3,(H,37,41)/t32-/m0/s1. The average molecular weight is 648 g/mol. The third-order valence-corrected chi connectivity index (χ3v) is 9.27. The molecule has 0 radical (unpaired) electrons. The summed E-state index contributed by atoms with van der Waals surface area (Å²) in [4.78, 5) is 29.8. The van der Waals surface area contributed by atoms with Crippen molar-refractivity contribution in [3.05, 3.63) is 125 Å². The first-order chi connectivity index (χ1) is 21.6. The third-order valence-electron chi connectivity index (χ3n) is 7.18. The maximum Gasteiger partial charge on any atom is 0.264 e. The van der Waals surface area contributed by atoms with E-state index in [1.807, 2.05) is 74.5 Å². The molecule has 1 N–H and O–H groups in total. The number of ether oxygens (including phenoxy) is 1. The minimum absolute atomic E-state index is 0.00913. The van der Waals surface area contributed by atoms with E-state index in [2.05, 4.69) is 5.32 Å². The Bertz CT molecular complexity index is 1670. The van der Waals surface area contributed by atoms with E-state index in [1.54, 1.807) is 24.3 Å². The van der Waals surface area contributed by atoms with Crippen LogP contribution < -0.4 is 14.4 Å². The number of sulfonamides is 1. The van der Waals surface area contributed by atoms with E-state index in [0.29, 0.717) is 12.3 Å². The van der Waals surface area contributed by atoms with Crippen LogP contribution in [-0.4, -0.2) is 51.4 Å². The third kappa shape index (κ3) is 8.86. The van der Waals surface area contributed by atoms with Crippen LogP contribution in [0, 0.1) is 5.92 Å². The molecule has 236 valence electrons. The van der Waals surface area contributed by atoms with E-state index in [1.165, 1.54) is 36.3 Å². The lowest BCUT2D eigenvalue weighted by atomic mass is 10.0. The molecule has 0 unspecified atom stereocenters. The normalized spacial score (nSPS) is 11.9. The van der Waals surface area contributed by atoms with Crippen LogP contribution in [0.25, 0.3) is 0 Å². The Labute approximate surface area is 270 Å². The molecule has 0 fully saturated rings. The number of carbonyl (C=O) groups excluding carboxylic acids is 2. The van der Waals surface area contributed by atoms with Crippen molar-refractivity contribution >= 4 is 39.1 Å². The molecule has 4 aromatic rings. The number of amides is 2. The van der Waals surface area contributed by atoms with Crippen LogP contribution >= 0.6 is 11.6 Å². The van der Waals surface area contributed by atoms with Gasteiger partial charge in [-0.3, -0.25) is 13.9 Å². The molecule has 0 aromatic heterocycles. The zero-order chi connectivity index (χ0) is 32.4. The molecule has 1 atom stereocenters. The van der Waals surface area contributed by atoms with Crippen molar-refractivity contribution in [2.75, 3.05) is 24.5 Å². The lowest BCUT2D eigenvalue weighted by Crippen LogP contribution is -2.53. The van der Waals surface area contributed by atoms with Gasteiger partial charge in [-0.25, -0.2) is 8.42 Å². The second-order valence-corrected chi connectivity index (χ2v) is 13.3. The molecule has 0 aliphatic heterocycles. The number of hydrogen-bond donors (Lipinski definition) is 1. The van der Waals surface area contributed by atoms with Gasteiger partial charge < -0.3 is 15.0 Å². The minimum Gasteiger partial charge on any atom is -0.495 e. The molecular formula is C35H38ClN3O5S. The number of halogens is 1. The Kier molecular flexibility index (Phi) is 11.6. The molecule has 4 aromatic carbocycles. The Morgan fingerprint density at radius 3 is 1.98 bits per heavy atom. The predicted octanol–water partition coefficient (Wildman–Crippen LogP) is 5.96. The summed E-state index contributed by atoms with van der Waals surface area (Å²) in [5.74, 6) is -0.317. The molecule has 45 heavy (non-hydrogen) atoms. The van der Waals surface area contributed by atoms with E-state index in [-0.39, 0.29) is 40.4 Å². The Hall–Kier alpha value is -4.34. The lowest BCUT2D eigenvalue weighted by Gasteiger charge is -2.34. The van der Waals surface area contributed by atoms with Gasteiger partial charge in [0.2, 0.25) is 11.8 Å². The van der Waals surface area contributed by atoms with Gasteiger partial charge in [-0.05, 0) is 47.4 Å². The van der Waals surface area contributed by atoms with Crippen molar-refractivity contribution in [2.24, 2.45) is 5.92 Å². The van der Waals surface area contributed by atoms with Gasteiger partial charge in [0.1, 0.15) is 18.3 Å². The molecule has 0 aliphatic rings. The van der Waals surface area contributed by atoms with E-state index in [0.717, 1.165) is 15.4 Å². The van der Waals surface area contributed by atoms with E-state index in [4.69, 9.17) is 16.3 Å². The van der Waals surface area contributed by atoms with Crippen LogP contribution in [0.3, 0.4) is 0 Å². The number of rotatable bonds is 14. The van der Waals surface area contributed by atoms with Crippen molar-refractivity contribution < 1.29 is 22.7 Å². The van der Waals surface area contributed by atoms with Gasteiger partial charge in [-0.2, -0.15) is 0 Å². The van der Waals surface area contributed by atoms with Gasteiger partial charge in [-0.15, -0.1) is 0 Å². The topological polar surface area (TPSA) is 96.0 Å². The highest BCUT2D eigenvalue weighted by Gasteiger charge is 2.34. The summed E-state index contributed by atoms with van der Waals surface area (Å²) >= 11 is 6.42.